The van der Waals surface area contributed by atoms with Crippen LogP contribution in [-0.4, -0.2) is 36.7 Å². The predicted molar refractivity (Wildman–Crippen MR) is 90.4 cm³/mol. The van der Waals surface area contributed by atoms with Crippen molar-refractivity contribution in [2.24, 2.45) is 10.9 Å². The number of amides is 4. The summed E-state index contributed by atoms with van der Waals surface area (Å²) >= 11 is 0. The van der Waals surface area contributed by atoms with Crippen LogP contribution in [0.15, 0.2) is 29.3 Å². The van der Waals surface area contributed by atoms with Gasteiger partial charge in [-0.3, -0.25) is 19.9 Å². The highest BCUT2D eigenvalue weighted by Crippen LogP contribution is 2.23. The molecule has 1 aliphatic rings. The second-order valence-electron chi connectivity index (χ2n) is 5.43. The lowest BCUT2D eigenvalue weighted by Gasteiger charge is -2.28. The van der Waals surface area contributed by atoms with Crippen LogP contribution < -0.4 is 15.0 Å². The van der Waals surface area contributed by atoms with Crippen molar-refractivity contribution in [2.75, 3.05) is 11.5 Å². The molecule has 0 aliphatic carbocycles. The third-order valence-corrected chi connectivity index (χ3v) is 3.69. The third-order valence-electron chi connectivity index (χ3n) is 3.69. The quantitative estimate of drug-likeness (QED) is 0.639. The molecule has 0 spiro atoms. The van der Waals surface area contributed by atoms with Gasteiger partial charge in [-0.15, -0.1) is 0 Å². The lowest BCUT2D eigenvalue weighted by Crippen LogP contribution is -2.58. The summed E-state index contributed by atoms with van der Waals surface area (Å²) in [6.45, 7) is 6.23. The molecule has 7 heteroatoms. The van der Waals surface area contributed by atoms with Crippen molar-refractivity contribution in [1.29, 1.82) is 0 Å². The summed E-state index contributed by atoms with van der Waals surface area (Å²) in [5.74, 6) is -1.74. The van der Waals surface area contributed by atoms with E-state index >= 15 is 0 Å². The summed E-state index contributed by atoms with van der Waals surface area (Å²) in [6.07, 6.45) is 2.11. The number of imide groups is 2. The first-order valence-corrected chi connectivity index (χ1v) is 7.92. The monoisotopic (exact) mass is 331 g/mol. The SMILES string of the molecule is CCOc1ccc(N2C(=O)NC(=O)C(C=N[C@@H](C)CC)C2=O)cc1. The van der Waals surface area contributed by atoms with E-state index in [2.05, 4.69) is 10.3 Å². The second-order valence-corrected chi connectivity index (χ2v) is 5.43. The van der Waals surface area contributed by atoms with Gasteiger partial charge in [0.05, 0.1) is 12.3 Å². The maximum absolute atomic E-state index is 12.6. The summed E-state index contributed by atoms with van der Waals surface area (Å²) < 4.78 is 5.34. The number of urea groups is 1. The molecular weight excluding hydrogens is 310 g/mol. The standard InChI is InChI=1S/C17H21N3O4/c1-4-11(3)18-10-14-15(21)19-17(23)20(16(14)22)12-6-8-13(9-7-12)24-5-2/h6-11,14H,4-5H2,1-3H3,(H,19,21,23)/t11-,14?/m0/s1. The van der Waals surface area contributed by atoms with Gasteiger partial charge in [-0.05, 0) is 44.5 Å². The van der Waals surface area contributed by atoms with Crippen molar-refractivity contribution in [3.05, 3.63) is 24.3 Å². The number of benzene rings is 1. The number of ether oxygens (including phenoxy) is 1. The molecule has 24 heavy (non-hydrogen) atoms. The molecule has 128 valence electrons. The van der Waals surface area contributed by atoms with Gasteiger partial charge in [0.25, 0.3) is 5.91 Å². The molecule has 7 nitrogen and oxygen atoms in total. The zero-order valence-electron chi connectivity index (χ0n) is 14.0. The van der Waals surface area contributed by atoms with E-state index in [1.165, 1.54) is 6.21 Å². The zero-order valence-corrected chi connectivity index (χ0v) is 14.0. The van der Waals surface area contributed by atoms with Gasteiger partial charge in [0, 0.05) is 12.3 Å². The molecule has 1 heterocycles. The van der Waals surface area contributed by atoms with Crippen LogP contribution in [0.5, 0.6) is 5.75 Å². The number of carbonyl (C=O) groups is 3. The van der Waals surface area contributed by atoms with Gasteiger partial charge < -0.3 is 4.74 Å². The Labute approximate surface area is 140 Å². The van der Waals surface area contributed by atoms with Gasteiger partial charge in [-0.25, -0.2) is 9.69 Å². The van der Waals surface area contributed by atoms with Crippen LogP contribution in [0.2, 0.25) is 0 Å². The first-order valence-electron chi connectivity index (χ1n) is 7.92. The molecular formula is C17H21N3O4. The molecule has 2 rings (SSSR count). The minimum Gasteiger partial charge on any atom is -0.494 e. The zero-order chi connectivity index (χ0) is 17.7. The minimum absolute atomic E-state index is 0.00199. The van der Waals surface area contributed by atoms with Gasteiger partial charge in [0.1, 0.15) is 5.75 Å². The van der Waals surface area contributed by atoms with Gasteiger partial charge in [-0.1, -0.05) is 6.92 Å². The molecule has 0 aromatic heterocycles. The van der Waals surface area contributed by atoms with Crippen molar-refractivity contribution in [1.82, 2.24) is 5.32 Å². The van der Waals surface area contributed by atoms with Crippen molar-refractivity contribution in [3.8, 4) is 5.75 Å². The lowest BCUT2D eigenvalue weighted by atomic mass is 10.1. The third kappa shape index (κ3) is 3.79. The van der Waals surface area contributed by atoms with E-state index in [1.807, 2.05) is 20.8 Å². The summed E-state index contributed by atoms with van der Waals surface area (Å²) in [5, 5.41) is 2.19. The van der Waals surface area contributed by atoms with Crippen LogP contribution in [0.3, 0.4) is 0 Å². The fraction of sp³-hybridized carbons (Fsp3) is 0.412. The molecule has 1 aromatic carbocycles. The Bertz CT molecular complexity index is 654. The highest BCUT2D eigenvalue weighted by Gasteiger charge is 2.40. The number of barbiturate groups is 1. The predicted octanol–water partition coefficient (Wildman–Crippen LogP) is 2.15. The Morgan fingerprint density at radius 1 is 1.25 bits per heavy atom. The molecule has 0 radical (unpaired) electrons. The number of anilines is 1. The topological polar surface area (TPSA) is 88.1 Å². The van der Waals surface area contributed by atoms with Crippen LogP contribution in [0.1, 0.15) is 27.2 Å². The molecule has 0 bridgehead atoms. The highest BCUT2D eigenvalue weighted by molar-refractivity contribution is 6.32. The summed E-state index contributed by atoms with van der Waals surface area (Å²) in [5.41, 5.74) is 0.371. The first-order chi connectivity index (χ1) is 11.5. The van der Waals surface area contributed by atoms with Crippen LogP contribution in [0.4, 0.5) is 10.5 Å². The molecule has 0 saturated carbocycles. The second kappa shape index (κ2) is 7.72. The molecule has 1 aromatic rings. The number of rotatable bonds is 6. The van der Waals surface area contributed by atoms with E-state index in [0.29, 0.717) is 18.0 Å². The van der Waals surface area contributed by atoms with Crippen LogP contribution >= 0.6 is 0 Å². The van der Waals surface area contributed by atoms with Crippen molar-refractivity contribution < 1.29 is 19.1 Å². The van der Waals surface area contributed by atoms with E-state index < -0.39 is 23.8 Å². The van der Waals surface area contributed by atoms with Crippen LogP contribution in [-0.2, 0) is 9.59 Å². The maximum atomic E-state index is 12.6. The highest BCUT2D eigenvalue weighted by atomic mass is 16.5. The van der Waals surface area contributed by atoms with E-state index in [1.54, 1.807) is 24.3 Å². The first kappa shape index (κ1) is 17.7. The van der Waals surface area contributed by atoms with Crippen molar-refractivity contribution in [3.63, 3.8) is 0 Å². The fourth-order valence-electron chi connectivity index (χ4n) is 2.16. The molecule has 1 N–H and O–H groups in total. The largest absolute Gasteiger partial charge is 0.494 e. The molecule has 1 fully saturated rings. The van der Waals surface area contributed by atoms with E-state index in [4.69, 9.17) is 4.74 Å². The Kier molecular flexibility index (Phi) is 5.68. The average Bonchev–Trinajstić information content (AvgIpc) is 2.55. The van der Waals surface area contributed by atoms with E-state index in [9.17, 15) is 14.4 Å². The van der Waals surface area contributed by atoms with Crippen molar-refractivity contribution in [2.45, 2.75) is 33.2 Å². The Morgan fingerprint density at radius 2 is 1.92 bits per heavy atom. The van der Waals surface area contributed by atoms with Crippen molar-refractivity contribution >= 4 is 29.7 Å². The van der Waals surface area contributed by atoms with Gasteiger partial charge in [0.2, 0.25) is 5.91 Å². The Hall–Kier alpha value is -2.70. The summed E-state index contributed by atoms with van der Waals surface area (Å²) in [6, 6.07) is 5.77. The van der Waals surface area contributed by atoms with Gasteiger partial charge in [-0.2, -0.15) is 0 Å². The summed E-state index contributed by atoms with van der Waals surface area (Å²) in [4.78, 5) is 41.7. The number of nitrogens with zero attached hydrogens (tertiary/aromatic N) is 2. The number of carbonyl (C=O) groups excluding carboxylic acids is 3. The molecule has 1 unspecified atom stereocenters. The number of aliphatic imine (C=N–C) groups is 1. The Balaban J connectivity index is 2.25. The van der Waals surface area contributed by atoms with Gasteiger partial charge >= 0.3 is 6.03 Å². The fourth-order valence-corrected chi connectivity index (χ4v) is 2.16. The number of hydrogen-bond donors (Lipinski definition) is 1. The number of nitrogens with one attached hydrogen (secondary N) is 1. The van der Waals surface area contributed by atoms with Crippen LogP contribution in [0, 0.1) is 5.92 Å². The molecule has 4 amide bonds. The number of hydrogen-bond acceptors (Lipinski definition) is 5. The average molecular weight is 331 g/mol. The van der Waals surface area contributed by atoms with Crippen LogP contribution in [0.25, 0.3) is 0 Å². The lowest BCUT2D eigenvalue weighted by molar-refractivity contribution is -0.131. The minimum atomic E-state index is -1.11. The van der Waals surface area contributed by atoms with E-state index in [0.717, 1.165) is 11.3 Å². The molecule has 1 saturated heterocycles. The normalized spacial score (nSPS) is 19.5. The van der Waals surface area contributed by atoms with E-state index in [-0.39, 0.29) is 6.04 Å². The molecule has 1 aliphatic heterocycles. The van der Waals surface area contributed by atoms with Gasteiger partial charge in [0.15, 0.2) is 5.92 Å². The molecule has 2 atom stereocenters. The Morgan fingerprint density at radius 3 is 2.50 bits per heavy atom. The smallest absolute Gasteiger partial charge is 0.335 e. The summed E-state index contributed by atoms with van der Waals surface area (Å²) in [7, 11) is 0. The maximum Gasteiger partial charge on any atom is 0.335 e.